The third-order valence-corrected chi connectivity index (χ3v) is 6.04. The molecule has 0 aliphatic heterocycles. The first-order valence-corrected chi connectivity index (χ1v) is 11.5. The van der Waals surface area contributed by atoms with E-state index in [1.807, 2.05) is 36.4 Å². The van der Waals surface area contributed by atoms with Gasteiger partial charge in [0.15, 0.2) is 5.69 Å². The maximum atomic E-state index is 13.1. The summed E-state index contributed by atoms with van der Waals surface area (Å²) in [6.07, 6.45) is 0.563. The zero-order valence-electron chi connectivity index (χ0n) is 19.6. The molecule has 0 bridgehead atoms. The molecule has 2 aromatic carbocycles. The van der Waals surface area contributed by atoms with Crippen molar-refractivity contribution < 1.29 is 24.2 Å². The standard InChI is InChI=1S/C27H27N3O5/c1-17(2)30(15-13-24(31)32)26(33)25-23(12-7-14-28-25)29-27(34)35-16-22-20-10-5-3-8-18(20)19-9-4-6-11-21(19)22/h3-12,14,17,22H,13,15-16H2,1-2H3,(H,29,34)(H,31,32). The van der Waals surface area contributed by atoms with Crippen molar-refractivity contribution in [2.45, 2.75) is 32.2 Å². The van der Waals surface area contributed by atoms with Crippen molar-refractivity contribution in [2.75, 3.05) is 18.5 Å². The molecule has 1 aliphatic rings. The van der Waals surface area contributed by atoms with E-state index in [1.54, 1.807) is 26.0 Å². The molecule has 180 valence electrons. The number of rotatable bonds is 8. The molecular weight excluding hydrogens is 446 g/mol. The molecule has 35 heavy (non-hydrogen) atoms. The number of carbonyl (C=O) groups excluding carboxylic acids is 2. The third kappa shape index (κ3) is 5.16. The Morgan fingerprint density at radius 1 is 1.00 bits per heavy atom. The summed E-state index contributed by atoms with van der Waals surface area (Å²) in [7, 11) is 0. The van der Waals surface area contributed by atoms with Gasteiger partial charge in [0.25, 0.3) is 5.91 Å². The zero-order chi connectivity index (χ0) is 24.9. The Labute approximate surface area is 203 Å². The van der Waals surface area contributed by atoms with Gasteiger partial charge in [0, 0.05) is 24.7 Å². The van der Waals surface area contributed by atoms with Gasteiger partial charge in [-0.1, -0.05) is 48.5 Å². The van der Waals surface area contributed by atoms with Gasteiger partial charge in [0.2, 0.25) is 0 Å². The highest BCUT2D eigenvalue weighted by Gasteiger charge is 2.29. The quantitative estimate of drug-likeness (QED) is 0.488. The van der Waals surface area contributed by atoms with Gasteiger partial charge in [-0.25, -0.2) is 9.78 Å². The number of aromatic nitrogens is 1. The second-order valence-electron chi connectivity index (χ2n) is 8.59. The number of fused-ring (bicyclic) bond motifs is 3. The van der Waals surface area contributed by atoms with E-state index in [9.17, 15) is 14.4 Å². The van der Waals surface area contributed by atoms with Gasteiger partial charge in [0.05, 0.1) is 12.1 Å². The molecule has 1 aromatic heterocycles. The number of ether oxygens (including phenoxy) is 1. The molecule has 1 aliphatic carbocycles. The molecular formula is C27H27N3O5. The van der Waals surface area contributed by atoms with E-state index in [4.69, 9.17) is 9.84 Å². The summed E-state index contributed by atoms with van der Waals surface area (Å²) < 4.78 is 5.58. The zero-order valence-corrected chi connectivity index (χ0v) is 19.6. The fraction of sp³-hybridized carbons (Fsp3) is 0.259. The molecule has 0 fully saturated rings. The van der Waals surface area contributed by atoms with Gasteiger partial charge < -0.3 is 14.7 Å². The van der Waals surface area contributed by atoms with E-state index in [-0.39, 0.29) is 42.9 Å². The number of hydrogen-bond donors (Lipinski definition) is 2. The summed E-state index contributed by atoms with van der Waals surface area (Å²) in [5.74, 6) is -1.55. The number of pyridine rings is 1. The minimum atomic E-state index is -0.999. The highest BCUT2D eigenvalue weighted by molar-refractivity contribution is 6.01. The van der Waals surface area contributed by atoms with Crippen LogP contribution >= 0.6 is 0 Å². The maximum Gasteiger partial charge on any atom is 0.411 e. The minimum Gasteiger partial charge on any atom is -0.481 e. The minimum absolute atomic E-state index is 0.0279. The number of carboxylic acid groups (broad SMARTS) is 1. The lowest BCUT2D eigenvalue weighted by Crippen LogP contribution is -2.39. The van der Waals surface area contributed by atoms with Crippen LogP contribution in [0.15, 0.2) is 66.9 Å². The molecule has 0 radical (unpaired) electrons. The molecule has 0 unspecified atom stereocenters. The van der Waals surface area contributed by atoms with Crippen LogP contribution in [0.4, 0.5) is 10.5 Å². The second kappa shape index (κ2) is 10.4. The Balaban J connectivity index is 1.47. The Kier molecular flexibility index (Phi) is 7.10. The van der Waals surface area contributed by atoms with Gasteiger partial charge in [-0.3, -0.25) is 14.9 Å². The third-order valence-electron chi connectivity index (χ3n) is 6.04. The monoisotopic (exact) mass is 473 g/mol. The summed E-state index contributed by atoms with van der Waals surface area (Å²) in [6, 6.07) is 19.0. The lowest BCUT2D eigenvalue weighted by molar-refractivity contribution is -0.137. The number of anilines is 1. The Morgan fingerprint density at radius 2 is 1.63 bits per heavy atom. The summed E-state index contributed by atoms with van der Waals surface area (Å²) in [4.78, 5) is 42.4. The van der Waals surface area contributed by atoms with E-state index in [0.29, 0.717) is 0 Å². The average Bonchev–Trinajstić information content (AvgIpc) is 3.16. The number of benzene rings is 2. The van der Waals surface area contributed by atoms with Gasteiger partial charge in [-0.2, -0.15) is 0 Å². The van der Waals surface area contributed by atoms with Crippen molar-refractivity contribution in [1.82, 2.24) is 9.88 Å². The molecule has 0 saturated carbocycles. The number of nitrogens with one attached hydrogen (secondary N) is 1. The fourth-order valence-corrected chi connectivity index (χ4v) is 4.37. The normalized spacial score (nSPS) is 12.1. The predicted molar refractivity (Wildman–Crippen MR) is 131 cm³/mol. The van der Waals surface area contributed by atoms with Crippen molar-refractivity contribution in [1.29, 1.82) is 0 Å². The molecule has 1 heterocycles. The molecule has 8 heteroatoms. The Hall–Kier alpha value is -4.20. The number of nitrogens with zero attached hydrogens (tertiary/aromatic N) is 2. The van der Waals surface area contributed by atoms with Crippen LogP contribution in [0.3, 0.4) is 0 Å². The van der Waals surface area contributed by atoms with E-state index < -0.39 is 18.0 Å². The fourth-order valence-electron chi connectivity index (χ4n) is 4.37. The van der Waals surface area contributed by atoms with Crippen LogP contribution in [-0.4, -0.2) is 52.2 Å². The topological polar surface area (TPSA) is 109 Å². The number of hydrogen-bond acceptors (Lipinski definition) is 5. The molecule has 4 rings (SSSR count). The van der Waals surface area contributed by atoms with E-state index >= 15 is 0 Å². The average molecular weight is 474 g/mol. The Bertz CT molecular complexity index is 1210. The molecule has 0 saturated heterocycles. The second-order valence-corrected chi connectivity index (χ2v) is 8.59. The molecule has 2 amide bonds. The molecule has 0 spiro atoms. The summed E-state index contributed by atoms with van der Waals surface area (Å²) in [5, 5.41) is 11.6. The van der Waals surface area contributed by atoms with Crippen molar-refractivity contribution in [3.8, 4) is 11.1 Å². The van der Waals surface area contributed by atoms with E-state index in [0.717, 1.165) is 22.3 Å². The highest BCUT2D eigenvalue weighted by Crippen LogP contribution is 2.44. The van der Waals surface area contributed by atoms with E-state index in [1.165, 1.54) is 11.1 Å². The number of carbonyl (C=O) groups is 3. The number of carboxylic acids is 1. The van der Waals surface area contributed by atoms with Crippen LogP contribution in [0.25, 0.3) is 11.1 Å². The van der Waals surface area contributed by atoms with Gasteiger partial charge >= 0.3 is 12.1 Å². The summed E-state index contributed by atoms with van der Waals surface area (Å²) in [6.45, 7) is 3.76. The van der Waals surface area contributed by atoms with Crippen molar-refractivity contribution in [2.24, 2.45) is 0 Å². The molecule has 2 N–H and O–H groups in total. The van der Waals surface area contributed by atoms with Crippen molar-refractivity contribution in [3.63, 3.8) is 0 Å². The van der Waals surface area contributed by atoms with Crippen molar-refractivity contribution in [3.05, 3.63) is 83.7 Å². The van der Waals surface area contributed by atoms with Gasteiger partial charge in [-0.15, -0.1) is 0 Å². The van der Waals surface area contributed by atoms with Crippen LogP contribution in [0, 0.1) is 0 Å². The van der Waals surface area contributed by atoms with Gasteiger partial charge in [0.1, 0.15) is 6.61 Å². The molecule has 3 aromatic rings. The van der Waals surface area contributed by atoms with Crippen LogP contribution in [0.5, 0.6) is 0 Å². The van der Waals surface area contributed by atoms with Crippen LogP contribution in [0.2, 0.25) is 0 Å². The van der Waals surface area contributed by atoms with Gasteiger partial charge in [-0.05, 0) is 48.2 Å². The van der Waals surface area contributed by atoms with Crippen molar-refractivity contribution >= 4 is 23.7 Å². The summed E-state index contributed by atoms with van der Waals surface area (Å²) >= 11 is 0. The lowest BCUT2D eigenvalue weighted by Gasteiger charge is -2.26. The largest absolute Gasteiger partial charge is 0.481 e. The first-order valence-electron chi connectivity index (χ1n) is 11.5. The van der Waals surface area contributed by atoms with Crippen LogP contribution < -0.4 is 5.32 Å². The lowest BCUT2D eigenvalue weighted by atomic mass is 9.98. The Morgan fingerprint density at radius 3 is 2.23 bits per heavy atom. The molecule has 8 nitrogen and oxygen atoms in total. The molecule has 0 atom stereocenters. The number of amides is 2. The van der Waals surface area contributed by atoms with Crippen LogP contribution in [-0.2, 0) is 9.53 Å². The maximum absolute atomic E-state index is 13.1. The first-order chi connectivity index (χ1) is 16.9. The first kappa shape index (κ1) is 23.9. The van der Waals surface area contributed by atoms with Crippen LogP contribution in [0.1, 0.15) is 47.8 Å². The summed E-state index contributed by atoms with van der Waals surface area (Å²) in [5.41, 5.74) is 4.70. The van der Waals surface area contributed by atoms with E-state index in [2.05, 4.69) is 22.4 Å². The smallest absolute Gasteiger partial charge is 0.411 e. The number of aliphatic carboxylic acids is 1. The SMILES string of the molecule is CC(C)N(CCC(=O)O)C(=O)c1ncccc1NC(=O)OCC1c2ccccc2-c2ccccc21. The highest BCUT2D eigenvalue weighted by atomic mass is 16.5. The predicted octanol–water partition coefficient (Wildman–Crippen LogP) is 4.77.